The van der Waals surface area contributed by atoms with Crippen LogP contribution in [0.1, 0.15) is 24.2 Å². The Hall–Kier alpha value is -2.50. The van der Waals surface area contributed by atoms with E-state index in [0.717, 1.165) is 11.8 Å². The van der Waals surface area contributed by atoms with Crippen LogP contribution in [0.4, 0.5) is 0 Å². The van der Waals surface area contributed by atoms with Gasteiger partial charge in [-0.3, -0.25) is 9.59 Å². The first-order valence-electron chi connectivity index (χ1n) is 7.46. The maximum atomic E-state index is 12.1. The lowest BCUT2D eigenvalue weighted by molar-refractivity contribution is -0.121. The molecule has 1 heterocycles. The number of fused-ring (bicyclic) bond motifs is 1. The second-order valence-electron chi connectivity index (χ2n) is 5.75. The predicted octanol–water partition coefficient (Wildman–Crippen LogP) is 2.24. The quantitative estimate of drug-likeness (QED) is 0.795. The Labute approximate surface area is 135 Å². The van der Waals surface area contributed by atoms with E-state index in [-0.39, 0.29) is 12.5 Å². The maximum Gasteiger partial charge on any atom is 0.239 e. The van der Waals surface area contributed by atoms with Gasteiger partial charge in [-0.25, -0.2) is 0 Å². The van der Waals surface area contributed by atoms with E-state index in [0.29, 0.717) is 34.9 Å². The topological polar surface area (TPSA) is 69.6 Å². The summed E-state index contributed by atoms with van der Waals surface area (Å²) < 4.78 is 12.4. The van der Waals surface area contributed by atoms with Gasteiger partial charge in [-0.1, -0.05) is 13.8 Å². The summed E-state index contributed by atoms with van der Waals surface area (Å²) in [5.74, 6) is 1.43. The molecule has 0 bridgehead atoms. The van der Waals surface area contributed by atoms with Gasteiger partial charge in [0.05, 0.1) is 25.1 Å². The molecule has 6 nitrogen and oxygen atoms in total. The van der Waals surface area contributed by atoms with E-state index in [1.165, 1.54) is 7.11 Å². The monoisotopic (exact) mass is 318 g/mol. The normalized spacial score (nSPS) is 10.8. The largest absolute Gasteiger partial charge is 0.497 e. The molecular weight excluding hydrogens is 296 g/mol. The summed E-state index contributed by atoms with van der Waals surface area (Å²) in [5, 5.41) is 3.55. The van der Waals surface area contributed by atoms with E-state index in [1.54, 1.807) is 30.0 Å². The summed E-state index contributed by atoms with van der Waals surface area (Å²) in [6.07, 6.45) is 2.43. The van der Waals surface area contributed by atoms with Crippen LogP contribution in [0, 0.1) is 5.92 Å². The summed E-state index contributed by atoms with van der Waals surface area (Å²) in [6, 6.07) is 3.51. The lowest BCUT2D eigenvalue weighted by Gasteiger charge is -2.11. The average Bonchev–Trinajstić information content (AvgIpc) is 2.89. The van der Waals surface area contributed by atoms with Gasteiger partial charge < -0.3 is 19.4 Å². The van der Waals surface area contributed by atoms with E-state index in [2.05, 4.69) is 5.32 Å². The predicted molar refractivity (Wildman–Crippen MR) is 88.3 cm³/mol. The van der Waals surface area contributed by atoms with Gasteiger partial charge >= 0.3 is 0 Å². The Morgan fingerprint density at radius 2 is 2.04 bits per heavy atom. The first kappa shape index (κ1) is 16.9. The zero-order valence-corrected chi connectivity index (χ0v) is 13.9. The number of hydrogen-bond donors (Lipinski definition) is 1. The van der Waals surface area contributed by atoms with Crippen molar-refractivity contribution < 1.29 is 19.1 Å². The number of rotatable bonds is 7. The van der Waals surface area contributed by atoms with Crippen LogP contribution in [0.25, 0.3) is 10.9 Å². The van der Waals surface area contributed by atoms with Gasteiger partial charge in [-0.15, -0.1) is 0 Å². The van der Waals surface area contributed by atoms with Crippen LogP contribution in [0.3, 0.4) is 0 Å². The van der Waals surface area contributed by atoms with Crippen LogP contribution >= 0.6 is 0 Å². The third-order valence-electron chi connectivity index (χ3n) is 3.55. The fourth-order valence-corrected chi connectivity index (χ4v) is 2.42. The molecule has 2 rings (SSSR count). The van der Waals surface area contributed by atoms with Crippen LogP contribution in [0.2, 0.25) is 0 Å². The Kier molecular flexibility index (Phi) is 5.26. The number of aldehydes is 1. The van der Waals surface area contributed by atoms with Crippen molar-refractivity contribution >= 4 is 23.1 Å². The highest BCUT2D eigenvalue weighted by atomic mass is 16.5. The molecule has 0 aliphatic heterocycles. The van der Waals surface area contributed by atoms with Crippen molar-refractivity contribution in [2.24, 2.45) is 5.92 Å². The third-order valence-corrected chi connectivity index (χ3v) is 3.55. The van der Waals surface area contributed by atoms with Crippen LogP contribution in [0.5, 0.6) is 11.5 Å². The zero-order chi connectivity index (χ0) is 17.0. The van der Waals surface area contributed by atoms with Gasteiger partial charge in [0.15, 0.2) is 6.29 Å². The van der Waals surface area contributed by atoms with Crippen molar-refractivity contribution in [3.05, 3.63) is 23.9 Å². The Balaban J connectivity index is 2.43. The highest BCUT2D eigenvalue weighted by molar-refractivity contribution is 6.02. The molecule has 124 valence electrons. The first-order chi connectivity index (χ1) is 11.0. The third kappa shape index (κ3) is 3.64. The molecule has 0 saturated carbocycles. The summed E-state index contributed by atoms with van der Waals surface area (Å²) in [4.78, 5) is 23.4. The number of carbonyl (C=O) groups is 2. The first-order valence-corrected chi connectivity index (χ1v) is 7.46. The van der Waals surface area contributed by atoms with Crippen molar-refractivity contribution in [2.45, 2.75) is 20.4 Å². The number of nitrogens with zero attached hydrogens (tertiary/aromatic N) is 1. The number of amides is 1. The van der Waals surface area contributed by atoms with Crippen molar-refractivity contribution in [1.82, 2.24) is 9.88 Å². The molecule has 0 radical (unpaired) electrons. The molecule has 6 heteroatoms. The number of ether oxygens (including phenoxy) is 2. The summed E-state index contributed by atoms with van der Waals surface area (Å²) in [5.41, 5.74) is 1.21. The van der Waals surface area contributed by atoms with Gasteiger partial charge in [-0.05, 0) is 5.92 Å². The van der Waals surface area contributed by atoms with E-state index in [1.807, 2.05) is 13.8 Å². The Morgan fingerprint density at radius 3 is 2.61 bits per heavy atom. The molecular formula is C17H22N2O4. The van der Waals surface area contributed by atoms with Crippen molar-refractivity contribution in [1.29, 1.82) is 0 Å². The summed E-state index contributed by atoms with van der Waals surface area (Å²) in [6.45, 7) is 4.82. The number of carbonyl (C=O) groups excluding carboxylic acids is 2. The fraction of sp³-hybridized carbons (Fsp3) is 0.412. The average molecular weight is 318 g/mol. The van der Waals surface area contributed by atoms with Gasteiger partial charge in [0.1, 0.15) is 18.0 Å². The van der Waals surface area contributed by atoms with Crippen LogP contribution in [-0.2, 0) is 11.3 Å². The molecule has 0 fully saturated rings. The number of aromatic nitrogens is 1. The summed E-state index contributed by atoms with van der Waals surface area (Å²) >= 11 is 0. The van der Waals surface area contributed by atoms with Gasteiger partial charge in [0.2, 0.25) is 5.91 Å². The van der Waals surface area contributed by atoms with Gasteiger partial charge in [0.25, 0.3) is 0 Å². The molecule has 0 unspecified atom stereocenters. The van der Waals surface area contributed by atoms with Gasteiger partial charge in [-0.2, -0.15) is 0 Å². The summed E-state index contributed by atoms with van der Waals surface area (Å²) in [7, 11) is 3.10. The molecule has 0 saturated heterocycles. The minimum Gasteiger partial charge on any atom is -0.497 e. The fourth-order valence-electron chi connectivity index (χ4n) is 2.42. The SMILES string of the molecule is COc1cc(OC)c2c(C=O)cn(CC(=O)NCC(C)C)c2c1. The molecule has 1 amide bonds. The van der Waals surface area contributed by atoms with Crippen molar-refractivity contribution in [3.8, 4) is 11.5 Å². The number of hydrogen-bond acceptors (Lipinski definition) is 4. The molecule has 2 aromatic rings. The zero-order valence-electron chi connectivity index (χ0n) is 13.9. The van der Waals surface area contributed by atoms with E-state index < -0.39 is 0 Å². The smallest absolute Gasteiger partial charge is 0.239 e. The molecule has 1 aromatic carbocycles. The van der Waals surface area contributed by atoms with E-state index in [9.17, 15) is 9.59 Å². The lowest BCUT2D eigenvalue weighted by Crippen LogP contribution is -2.30. The van der Waals surface area contributed by atoms with Crippen LogP contribution in [-0.4, -0.2) is 37.5 Å². The number of methoxy groups -OCH3 is 2. The molecule has 0 spiro atoms. The number of nitrogens with one attached hydrogen (secondary N) is 1. The van der Waals surface area contributed by atoms with E-state index in [4.69, 9.17) is 9.47 Å². The molecule has 0 aliphatic rings. The second-order valence-corrected chi connectivity index (χ2v) is 5.75. The van der Waals surface area contributed by atoms with Crippen molar-refractivity contribution in [3.63, 3.8) is 0 Å². The number of benzene rings is 1. The molecule has 23 heavy (non-hydrogen) atoms. The Bertz CT molecular complexity index is 719. The highest BCUT2D eigenvalue weighted by Gasteiger charge is 2.16. The van der Waals surface area contributed by atoms with Crippen molar-refractivity contribution in [2.75, 3.05) is 20.8 Å². The lowest BCUT2D eigenvalue weighted by atomic mass is 10.1. The molecule has 0 atom stereocenters. The highest BCUT2D eigenvalue weighted by Crippen LogP contribution is 2.34. The van der Waals surface area contributed by atoms with E-state index >= 15 is 0 Å². The molecule has 1 N–H and O–H groups in total. The maximum absolute atomic E-state index is 12.1. The minimum absolute atomic E-state index is 0.102. The minimum atomic E-state index is -0.102. The second kappa shape index (κ2) is 7.17. The Morgan fingerprint density at radius 1 is 1.30 bits per heavy atom. The molecule has 1 aromatic heterocycles. The standard InChI is InChI=1S/C17H22N2O4/c1-11(2)7-18-16(21)9-19-8-12(10-20)17-14(19)5-13(22-3)6-15(17)23-4/h5-6,8,10-11H,7,9H2,1-4H3,(H,18,21). The molecule has 0 aliphatic carbocycles. The van der Waals surface area contributed by atoms with Gasteiger partial charge in [0, 0.05) is 30.4 Å². The van der Waals surface area contributed by atoms with Crippen LogP contribution < -0.4 is 14.8 Å². The van der Waals surface area contributed by atoms with Crippen LogP contribution in [0.15, 0.2) is 18.3 Å².